The first-order valence-corrected chi connectivity index (χ1v) is 6.38. The Labute approximate surface area is 114 Å². The van der Waals surface area contributed by atoms with Crippen molar-refractivity contribution in [1.29, 1.82) is 0 Å². The van der Waals surface area contributed by atoms with Crippen molar-refractivity contribution in [3.63, 3.8) is 0 Å². The lowest BCUT2D eigenvalue weighted by atomic mass is 10.2. The van der Waals surface area contributed by atoms with Crippen molar-refractivity contribution >= 4 is 29.2 Å². The lowest BCUT2D eigenvalue weighted by Crippen LogP contribution is -2.11. The van der Waals surface area contributed by atoms with Gasteiger partial charge in [0.25, 0.3) is 0 Å². The Hall–Kier alpha value is -2.21. The first-order chi connectivity index (χ1) is 9.06. The van der Waals surface area contributed by atoms with E-state index in [0.717, 1.165) is 10.4 Å². The number of carbonyl (C=O) groups is 1. The molecule has 0 saturated heterocycles. The van der Waals surface area contributed by atoms with E-state index >= 15 is 0 Å². The van der Waals surface area contributed by atoms with Crippen LogP contribution in [0.1, 0.15) is 21.6 Å². The average Bonchev–Trinajstić information content (AvgIpc) is 2.83. The normalized spacial score (nSPS) is 10.2. The van der Waals surface area contributed by atoms with Crippen LogP contribution in [-0.2, 0) is 4.74 Å². The second-order valence-corrected chi connectivity index (χ2v) is 4.79. The zero-order chi connectivity index (χ0) is 14.0. The Morgan fingerprint density at radius 3 is 2.79 bits per heavy atom. The monoisotopic (exact) mass is 275 g/mol. The Kier molecular flexibility index (Phi) is 3.62. The van der Waals surface area contributed by atoms with Crippen molar-refractivity contribution in [3.8, 4) is 10.7 Å². The number of nitrogens with two attached hydrogens (primary N) is 1. The SMILES string of the molecule is C=Cc1c(N)nc(-c2cc(C)cs2)nc1C(=O)OC. The number of aryl methyl sites for hydroxylation is 1. The Morgan fingerprint density at radius 1 is 1.53 bits per heavy atom. The van der Waals surface area contributed by atoms with Gasteiger partial charge in [0, 0.05) is 5.56 Å². The fourth-order valence-electron chi connectivity index (χ4n) is 1.60. The summed E-state index contributed by atoms with van der Waals surface area (Å²) < 4.78 is 4.70. The number of hydrogen-bond donors (Lipinski definition) is 1. The van der Waals surface area contributed by atoms with E-state index in [1.807, 2.05) is 18.4 Å². The number of nitrogens with zero attached hydrogens (tertiary/aromatic N) is 2. The summed E-state index contributed by atoms with van der Waals surface area (Å²) >= 11 is 1.49. The fourth-order valence-corrected chi connectivity index (χ4v) is 2.43. The van der Waals surface area contributed by atoms with Crippen molar-refractivity contribution in [2.24, 2.45) is 0 Å². The van der Waals surface area contributed by atoms with Crippen LogP contribution < -0.4 is 5.73 Å². The molecule has 2 aromatic heterocycles. The van der Waals surface area contributed by atoms with Crippen molar-refractivity contribution in [1.82, 2.24) is 9.97 Å². The molecule has 0 aromatic carbocycles. The highest BCUT2D eigenvalue weighted by molar-refractivity contribution is 7.13. The molecule has 2 aromatic rings. The summed E-state index contributed by atoms with van der Waals surface area (Å²) in [5.41, 5.74) is 7.47. The molecule has 0 amide bonds. The van der Waals surface area contributed by atoms with Crippen LogP contribution in [0.15, 0.2) is 18.0 Å². The molecule has 98 valence electrons. The van der Waals surface area contributed by atoms with Crippen molar-refractivity contribution in [3.05, 3.63) is 34.8 Å². The van der Waals surface area contributed by atoms with Crippen LogP contribution in [0.4, 0.5) is 5.82 Å². The number of nitrogen functional groups attached to an aromatic ring is 1. The molecule has 19 heavy (non-hydrogen) atoms. The third-order valence-corrected chi connectivity index (χ3v) is 3.55. The van der Waals surface area contributed by atoms with E-state index in [1.165, 1.54) is 24.5 Å². The van der Waals surface area contributed by atoms with Gasteiger partial charge in [-0.1, -0.05) is 12.7 Å². The molecular formula is C13H13N3O2S. The molecule has 0 radical (unpaired) electrons. The molecule has 0 unspecified atom stereocenters. The lowest BCUT2D eigenvalue weighted by molar-refractivity contribution is 0.0594. The maximum Gasteiger partial charge on any atom is 0.357 e. The van der Waals surface area contributed by atoms with Gasteiger partial charge in [0.2, 0.25) is 0 Å². The summed E-state index contributed by atoms with van der Waals surface area (Å²) in [7, 11) is 1.29. The quantitative estimate of drug-likeness (QED) is 0.871. The molecular weight excluding hydrogens is 262 g/mol. The maximum atomic E-state index is 11.7. The standard InChI is InChI=1S/C13H13N3O2S/c1-4-8-10(13(17)18-3)15-12(16-11(8)14)9-5-7(2)6-19-9/h4-6H,1H2,2-3H3,(H2,14,15,16). The minimum Gasteiger partial charge on any atom is -0.464 e. The summed E-state index contributed by atoms with van der Waals surface area (Å²) in [5, 5.41) is 1.98. The largest absolute Gasteiger partial charge is 0.464 e. The smallest absolute Gasteiger partial charge is 0.357 e. The summed E-state index contributed by atoms with van der Waals surface area (Å²) in [6.45, 7) is 5.59. The average molecular weight is 275 g/mol. The van der Waals surface area contributed by atoms with Gasteiger partial charge in [-0.25, -0.2) is 14.8 Å². The summed E-state index contributed by atoms with van der Waals surface area (Å²) in [6, 6.07) is 1.94. The number of carbonyl (C=O) groups excluding carboxylic acids is 1. The lowest BCUT2D eigenvalue weighted by Gasteiger charge is -2.07. The number of methoxy groups -OCH3 is 1. The summed E-state index contributed by atoms with van der Waals surface area (Å²) in [5.74, 6) is 0.0755. The summed E-state index contributed by atoms with van der Waals surface area (Å²) in [4.78, 5) is 21.0. The van der Waals surface area contributed by atoms with E-state index in [-0.39, 0.29) is 11.5 Å². The fraction of sp³-hybridized carbons (Fsp3) is 0.154. The molecule has 0 bridgehead atoms. The van der Waals surface area contributed by atoms with E-state index in [0.29, 0.717) is 11.4 Å². The second-order valence-electron chi connectivity index (χ2n) is 3.88. The maximum absolute atomic E-state index is 11.7. The number of esters is 1. The van der Waals surface area contributed by atoms with Gasteiger partial charge in [-0.3, -0.25) is 0 Å². The van der Waals surface area contributed by atoms with E-state index in [9.17, 15) is 4.79 Å². The van der Waals surface area contributed by atoms with Gasteiger partial charge in [-0.2, -0.15) is 0 Å². The number of ether oxygens (including phenoxy) is 1. The van der Waals surface area contributed by atoms with Gasteiger partial charge in [0.05, 0.1) is 12.0 Å². The highest BCUT2D eigenvalue weighted by Crippen LogP contribution is 2.27. The zero-order valence-electron chi connectivity index (χ0n) is 10.6. The molecule has 2 rings (SSSR count). The minimum atomic E-state index is -0.557. The summed E-state index contributed by atoms with van der Waals surface area (Å²) in [6.07, 6.45) is 1.45. The van der Waals surface area contributed by atoms with Crippen molar-refractivity contribution in [2.45, 2.75) is 6.92 Å². The van der Waals surface area contributed by atoms with Gasteiger partial charge in [0.1, 0.15) is 5.82 Å². The van der Waals surface area contributed by atoms with Crippen LogP contribution in [0, 0.1) is 6.92 Å². The van der Waals surface area contributed by atoms with Crippen LogP contribution in [0.3, 0.4) is 0 Å². The number of hydrogen-bond acceptors (Lipinski definition) is 6. The topological polar surface area (TPSA) is 78.1 Å². The van der Waals surface area contributed by atoms with Crippen LogP contribution in [-0.4, -0.2) is 23.0 Å². The minimum absolute atomic E-state index is 0.131. The van der Waals surface area contributed by atoms with Crippen LogP contribution in [0.25, 0.3) is 16.8 Å². The molecule has 0 aliphatic heterocycles. The molecule has 0 spiro atoms. The van der Waals surface area contributed by atoms with Gasteiger partial charge in [-0.15, -0.1) is 11.3 Å². The van der Waals surface area contributed by atoms with Crippen LogP contribution in [0.5, 0.6) is 0 Å². The molecule has 5 nitrogen and oxygen atoms in total. The zero-order valence-corrected chi connectivity index (χ0v) is 11.5. The Morgan fingerprint density at radius 2 is 2.26 bits per heavy atom. The second kappa shape index (κ2) is 5.19. The highest BCUT2D eigenvalue weighted by Gasteiger charge is 2.18. The number of anilines is 1. The number of aromatic nitrogens is 2. The number of rotatable bonds is 3. The molecule has 0 fully saturated rings. The molecule has 0 aliphatic rings. The Bertz CT molecular complexity index is 649. The predicted octanol–water partition coefficient (Wildman–Crippen LogP) is 2.53. The molecule has 6 heteroatoms. The van der Waals surface area contributed by atoms with E-state index in [1.54, 1.807) is 0 Å². The van der Waals surface area contributed by atoms with Crippen molar-refractivity contribution < 1.29 is 9.53 Å². The van der Waals surface area contributed by atoms with Gasteiger partial charge in [-0.05, 0) is 23.9 Å². The van der Waals surface area contributed by atoms with E-state index in [2.05, 4.69) is 16.5 Å². The molecule has 0 aliphatic carbocycles. The van der Waals surface area contributed by atoms with Crippen molar-refractivity contribution in [2.75, 3.05) is 12.8 Å². The molecule has 2 N–H and O–H groups in total. The van der Waals surface area contributed by atoms with E-state index < -0.39 is 5.97 Å². The third-order valence-electron chi connectivity index (χ3n) is 2.51. The first kappa shape index (κ1) is 13.2. The molecule has 0 saturated carbocycles. The highest BCUT2D eigenvalue weighted by atomic mass is 32.1. The number of thiophene rings is 1. The first-order valence-electron chi connectivity index (χ1n) is 5.50. The third kappa shape index (κ3) is 2.48. The Balaban J connectivity index is 2.62. The predicted molar refractivity (Wildman–Crippen MR) is 75.9 cm³/mol. The van der Waals surface area contributed by atoms with Crippen LogP contribution >= 0.6 is 11.3 Å². The van der Waals surface area contributed by atoms with Crippen LogP contribution in [0.2, 0.25) is 0 Å². The molecule has 2 heterocycles. The molecule has 0 atom stereocenters. The van der Waals surface area contributed by atoms with Gasteiger partial charge >= 0.3 is 5.97 Å². The van der Waals surface area contributed by atoms with E-state index in [4.69, 9.17) is 10.5 Å². The van der Waals surface area contributed by atoms with Gasteiger partial charge < -0.3 is 10.5 Å². The van der Waals surface area contributed by atoms with Gasteiger partial charge in [0.15, 0.2) is 11.5 Å².